The van der Waals surface area contributed by atoms with E-state index in [1.54, 1.807) is 24.5 Å². The lowest BCUT2D eigenvalue weighted by Gasteiger charge is -2.53. The van der Waals surface area contributed by atoms with Gasteiger partial charge in [0.1, 0.15) is 0 Å². The number of likely N-dealkylation sites (tertiary alicyclic amines) is 1. The third kappa shape index (κ3) is 3.07. The fourth-order valence-corrected chi connectivity index (χ4v) is 4.68. The molecule has 5 nitrogen and oxygen atoms in total. The summed E-state index contributed by atoms with van der Waals surface area (Å²) in [4.78, 5) is 18.7. The van der Waals surface area contributed by atoms with Gasteiger partial charge in [-0.05, 0) is 43.7 Å². The number of carbonyl (C=O) groups is 1. The van der Waals surface area contributed by atoms with Crippen molar-refractivity contribution in [3.8, 4) is 0 Å². The molecule has 1 atom stereocenters. The second kappa shape index (κ2) is 6.81. The molecular weight excluding hydrogens is 302 g/mol. The molecular formula is C19H27N3O2. The monoisotopic (exact) mass is 329 g/mol. The summed E-state index contributed by atoms with van der Waals surface area (Å²) in [7, 11) is 0. The second-order valence-corrected chi connectivity index (χ2v) is 7.52. The van der Waals surface area contributed by atoms with Crippen LogP contribution in [0.5, 0.6) is 0 Å². The van der Waals surface area contributed by atoms with E-state index in [0.29, 0.717) is 11.5 Å². The first kappa shape index (κ1) is 16.0. The molecule has 1 aromatic heterocycles. The highest BCUT2D eigenvalue weighted by Gasteiger charge is 2.54. The molecule has 1 aliphatic carbocycles. The SMILES string of the molecule is O=C(NCC[C@@H]1CCOC12CN(C1CCCC1)C2)c1ccncc1. The van der Waals surface area contributed by atoms with Gasteiger partial charge < -0.3 is 10.1 Å². The van der Waals surface area contributed by atoms with E-state index in [0.717, 1.165) is 45.1 Å². The third-order valence-corrected chi connectivity index (χ3v) is 6.10. The smallest absolute Gasteiger partial charge is 0.251 e. The summed E-state index contributed by atoms with van der Waals surface area (Å²) in [5.41, 5.74) is 0.753. The van der Waals surface area contributed by atoms with Gasteiger partial charge in [0, 0.05) is 50.2 Å². The summed E-state index contributed by atoms with van der Waals surface area (Å²) in [6, 6.07) is 4.30. The van der Waals surface area contributed by atoms with Crippen molar-refractivity contribution >= 4 is 5.91 Å². The highest BCUT2D eigenvalue weighted by molar-refractivity contribution is 5.93. The highest BCUT2D eigenvalue weighted by atomic mass is 16.5. The first-order valence-corrected chi connectivity index (χ1v) is 9.33. The van der Waals surface area contributed by atoms with Gasteiger partial charge >= 0.3 is 0 Å². The van der Waals surface area contributed by atoms with Crippen LogP contribution in [0.25, 0.3) is 0 Å². The van der Waals surface area contributed by atoms with Crippen LogP contribution in [0.15, 0.2) is 24.5 Å². The first-order chi connectivity index (χ1) is 11.8. The third-order valence-electron chi connectivity index (χ3n) is 6.10. The largest absolute Gasteiger partial charge is 0.372 e. The van der Waals surface area contributed by atoms with E-state index in [9.17, 15) is 4.79 Å². The van der Waals surface area contributed by atoms with Gasteiger partial charge in [0.15, 0.2) is 0 Å². The molecule has 4 rings (SSSR count). The molecule has 0 bridgehead atoms. The molecule has 3 heterocycles. The lowest BCUT2D eigenvalue weighted by Crippen LogP contribution is -2.66. The molecule has 24 heavy (non-hydrogen) atoms. The lowest BCUT2D eigenvalue weighted by molar-refractivity contribution is -0.146. The van der Waals surface area contributed by atoms with Crippen LogP contribution in [0.2, 0.25) is 0 Å². The molecule has 2 saturated heterocycles. The van der Waals surface area contributed by atoms with E-state index in [4.69, 9.17) is 4.74 Å². The molecule has 2 aliphatic heterocycles. The van der Waals surface area contributed by atoms with Gasteiger partial charge in [-0.25, -0.2) is 0 Å². The van der Waals surface area contributed by atoms with Gasteiger partial charge in [0.25, 0.3) is 5.91 Å². The maximum atomic E-state index is 12.1. The van der Waals surface area contributed by atoms with Gasteiger partial charge in [0.05, 0.1) is 5.60 Å². The molecule has 0 radical (unpaired) electrons. The maximum Gasteiger partial charge on any atom is 0.251 e. The number of nitrogens with one attached hydrogen (secondary N) is 1. The zero-order valence-corrected chi connectivity index (χ0v) is 14.2. The van der Waals surface area contributed by atoms with Crippen LogP contribution in [0.1, 0.15) is 48.9 Å². The fourth-order valence-electron chi connectivity index (χ4n) is 4.68. The fraction of sp³-hybridized carbons (Fsp3) is 0.684. The number of aromatic nitrogens is 1. The van der Waals surface area contributed by atoms with Crippen molar-refractivity contribution < 1.29 is 9.53 Å². The number of hydrogen-bond acceptors (Lipinski definition) is 4. The summed E-state index contributed by atoms with van der Waals surface area (Å²) in [5, 5.41) is 3.04. The van der Waals surface area contributed by atoms with Crippen molar-refractivity contribution in [2.75, 3.05) is 26.2 Å². The van der Waals surface area contributed by atoms with Gasteiger partial charge in [-0.3, -0.25) is 14.7 Å². The highest BCUT2D eigenvalue weighted by Crippen LogP contribution is 2.44. The first-order valence-electron chi connectivity index (χ1n) is 9.33. The van der Waals surface area contributed by atoms with Crippen LogP contribution >= 0.6 is 0 Å². The molecule has 130 valence electrons. The molecule has 3 fully saturated rings. The van der Waals surface area contributed by atoms with E-state index < -0.39 is 0 Å². The molecule has 1 N–H and O–H groups in total. The van der Waals surface area contributed by atoms with Crippen LogP contribution in [-0.2, 0) is 4.74 Å². The zero-order valence-electron chi connectivity index (χ0n) is 14.2. The predicted molar refractivity (Wildman–Crippen MR) is 91.8 cm³/mol. The minimum Gasteiger partial charge on any atom is -0.372 e. The number of pyridine rings is 1. The van der Waals surface area contributed by atoms with Gasteiger partial charge in [-0.1, -0.05) is 12.8 Å². The predicted octanol–water partition coefficient (Wildman–Crippen LogP) is 2.23. The number of rotatable bonds is 5. The number of amides is 1. The Morgan fingerprint density at radius 1 is 1.25 bits per heavy atom. The van der Waals surface area contributed by atoms with Crippen LogP contribution in [0.3, 0.4) is 0 Å². The van der Waals surface area contributed by atoms with E-state index >= 15 is 0 Å². The van der Waals surface area contributed by atoms with Crippen LogP contribution < -0.4 is 5.32 Å². The van der Waals surface area contributed by atoms with E-state index in [1.807, 2.05) is 0 Å². The van der Waals surface area contributed by atoms with Crippen molar-refractivity contribution in [1.29, 1.82) is 0 Å². The lowest BCUT2D eigenvalue weighted by atomic mass is 9.78. The molecule has 1 spiro atoms. The van der Waals surface area contributed by atoms with Crippen LogP contribution in [-0.4, -0.2) is 53.7 Å². The van der Waals surface area contributed by atoms with E-state index in [1.165, 1.54) is 25.7 Å². The van der Waals surface area contributed by atoms with E-state index in [-0.39, 0.29) is 11.5 Å². The minimum atomic E-state index is -0.00782. The quantitative estimate of drug-likeness (QED) is 0.900. The topological polar surface area (TPSA) is 54.5 Å². The normalized spacial score (nSPS) is 26.6. The molecule has 1 aromatic rings. The molecule has 5 heteroatoms. The number of carbonyl (C=O) groups excluding carboxylic acids is 1. The van der Waals surface area contributed by atoms with Crippen molar-refractivity contribution in [3.05, 3.63) is 30.1 Å². The Morgan fingerprint density at radius 3 is 2.75 bits per heavy atom. The summed E-state index contributed by atoms with van der Waals surface area (Å²) in [5.74, 6) is 0.569. The maximum absolute atomic E-state index is 12.1. The van der Waals surface area contributed by atoms with Crippen molar-refractivity contribution in [1.82, 2.24) is 15.2 Å². The van der Waals surface area contributed by atoms with Gasteiger partial charge in [0.2, 0.25) is 0 Å². The standard InChI is InChI=1S/C19H27N3O2/c23-18(15-5-9-20-10-6-15)21-11-7-16-8-12-24-19(16)13-22(14-19)17-3-1-2-4-17/h5-6,9-10,16-17H,1-4,7-8,11-14H2,(H,21,23)/t16-/m1/s1. The van der Waals surface area contributed by atoms with Crippen molar-refractivity contribution in [2.45, 2.75) is 50.2 Å². The molecule has 0 unspecified atom stereocenters. The average molecular weight is 329 g/mol. The summed E-state index contributed by atoms with van der Waals surface area (Å²) in [6.45, 7) is 3.79. The van der Waals surface area contributed by atoms with Crippen LogP contribution in [0, 0.1) is 5.92 Å². The Labute approximate surface area is 143 Å². The Morgan fingerprint density at radius 2 is 2.00 bits per heavy atom. The van der Waals surface area contributed by atoms with Gasteiger partial charge in [-0.2, -0.15) is 0 Å². The van der Waals surface area contributed by atoms with Crippen molar-refractivity contribution in [3.63, 3.8) is 0 Å². The Bertz CT molecular complexity index is 565. The van der Waals surface area contributed by atoms with Crippen LogP contribution in [0.4, 0.5) is 0 Å². The number of nitrogens with zero attached hydrogens (tertiary/aromatic N) is 2. The molecule has 0 aromatic carbocycles. The number of ether oxygens (including phenoxy) is 1. The Hall–Kier alpha value is -1.46. The summed E-state index contributed by atoms with van der Waals surface area (Å²) >= 11 is 0. The average Bonchev–Trinajstić information content (AvgIpc) is 3.23. The Kier molecular flexibility index (Phi) is 4.55. The second-order valence-electron chi connectivity index (χ2n) is 7.52. The van der Waals surface area contributed by atoms with Crippen molar-refractivity contribution in [2.24, 2.45) is 5.92 Å². The molecule has 3 aliphatic rings. The molecule has 1 amide bonds. The van der Waals surface area contributed by atoms with E-state index in [2.05, 4.69) is 15.2 Å². The zero-order chi connectivity index (χ0) is 16.4. The summed E-state index contributed by atoms with van der Waals surface area (Å²) < 4.78 is 6.16. The molecule has 1 saturated carbocycles. The number of hydrogen-bond donors (Lipinski definition) is 1. The minimum absolute atomic E-state index is 0.00782. The summed E-state index contributed by atoms with van der Waals surface area (Å²) in [6.07, 6.45) is 10.9. The Balaban J connectivity index is 1.25. The van der Waals surface area contributed by atoms with Gasteiger partial charge in [-0.15, -0.1) is 0 Å².